The van der Waals surface area contributed by atoms with Crippen LogP contribution in [0.2, 0.25) is 5.02 Å². The van der Waals surface area contributed by atoms with Crippen LogP contribution in [0.5, 0.6) is 28.7 Å². The van der Waals surface area contributed by atoms with E-state index in [1.54, 1.807) is 24.3 Å². The van der Waals surface area contributed by atoms with Crippen LogP contribution in [-0.2, 0) is 22.4 Å². The summed E-state index contributed by atoms with van der Waals surface area (Å²) in [4.78, 5) is 11.2. The SMILES string of the molecule is C=CCc1cc(Oc2c(OC)cc(CC#CC(=O)OC)cc2OC)c(Cl)cc1OCCC. The molecule has 7 heteroatoms. The lowest BCUT2D eigenvalue weighted by Crippen LogP contribution is -2.01. The molecule has 0 amide bonds. The summed E-state index contributed by atoms with van der Waals surface area (Å²) in [5.74, 6) is 6.93. The number of ether oxygens (including phenoxy) is 5. The van der Waals surface area contributed by atoms with Gasteiger partial charge < -0.3 is 23.7 Å². The first-order valence-electron chi connectivity index (χ1n) is 10.0. The van der Waals surface area contributed by atoms with Gasteiger partial charge >= 0.3 is 5.97 Å². The molecule has 0 radical (unpaired) electrons. The van der Waals surface area contributed by atoms with Crippen molar-refractivity contribution in [2.75, 3.05) is 27.9 Å². The Hall–Kier alpha value is -3.30. The summed E-state index contributed by atoms with van der Waals surface area (Å²) in [5.41, 5.74) is 1.68. The molecule has 0 saturated carbocycles. The van der Waals surface area contributed by atoms with Gasteiger partial charge in [0.2, 0.25) is 5.75 Å². The number of allylic oxidation sites excluding steroid dienone is 1. The minimum Gasteiger partial charge on any atom is -0.493 e. The first-order chi connectivity index (χ1) is 15.5. The lowest BCUT2D eigenvalue weighted by molar-refractivity contribution is -0.133. The standard InChI is InChI=1S/C25H27ClO6/c1-6-9-18-15-21(19(26)16-20(18)31-12-7-2)32-25-22(28-3)13-17(14-23(25)29-4)10-8-11-24(27)30-5/h6,13-16H,1,7,9-10,12H2,2-5H3. The van der Waals surface area contributed by atoms with Crippen molar-refractivity contribution in [2.24, 2.45) is 0 Å². The number of carbonyl (C=O) groups is 1. The normalized spacial score (nSPS) is 9.91. The Morgan fingerprint density at radius 2 is 1.75 bits per heavy atom. The number of hydrogen-bond donors (Lipinski definition) is 0. The lowest BCUT2D eigenvalue weighted by atomic mass is 10.1. The van der Waals surface area contributed by atoms with Crippen molar-refractivity contribution in [1.82, 2.24) is 0 Å². The Kier molecular flexibility index (Phi) is 9.77. The third-order valence-electron chi connectivity index (χ3n) is 4.34. The summed E-state index contributed by atoms with van der Waals surface area (Å²) < 4.78 is 27.5. The predicted octanol–water partition coefficient (Wildman–Crippen LogP) is 5.39. The third-order valence-corrected chi connectivity index (χ3v) is 4.64. The topological polar surface area (TPSA) is 63.2 Å². The second-order valence-corrected chi connectivity index (χ2v) is 7.04. The molecule has 0 aliphatic heterocycles. The van der Waals surface area contributed by atoms with E-state index in [4.69, 9.17) is 30.5 Å². The van der Waals surface area contributed by atoms with Crippen LogP contribution >= 0.6 is 11.6 Å². The lowest BCUT2D eigenvalue weighted by Gasteiger charge is -2.18. The average Bonchev–Trinajstić information content (AvgIpc) is 2.80. The molecule has 0 aliphatic carbocycles. The minimum absolute atomic E-state index is 0.301. The Bertz CT molecular complexity index is 994. The molecule has 0 saturated heterocycles. The van der Waals surface area contributed by atoms with E-state index in [2.05, 4.69) is 23.2 Å². The summed E-state index contributed by atoms with van der Waals surface area (Å²) in [7, 11) is 4.33. The molecule has 0 spiro atoms. The van der Waals surface area contributed by atoms with Crippen molar-refractivity contribution < 1.29 is 28.5 Å². The Morgan fingerprint density at radius 1 is 1.06 bits per heavy atom. The molecule has 2 aromatic rings. The van der Waals surface area contributed by atoms with Crippen LogP contribution in [0.3, 0.4) is 0 Å². The van der Waals surface area contributed by atoms with Gasteiger partial charge in [0.25, 0.3) is 0 Å². The largest absolute Gasteiger partial charge is 0.493 e. The summed E-state index contributed by atoms with van der Waals surface area (Å²) in [6, 6.07) is 7.09. The van der Waals surface area contributed by atoms with Gasteiger partial charge in [0.1, 0.15) is 11.5 Å². The van der Waals surface area contributed by atoms with E-state index in [9.17, 15) is 4.79 Å². The number of benzene rings is 2. The average molecular weight is 459 g/mol. The van der Waals surface area contributed by atoms with Crippen molar-refractivity contribution in [3.8, 4) is 40.6 Å². The minimum atomic E-state index is -0.597. The molecule has 0 N–H and O–H groups in total. The molecule has 6 nitrogen and oxygen atoms in total. The predicted molar refractivity (Wildman–Crippen MR) is 124 cm³/mol. The molecule has 32 heavy (non-hydrogen) atoms. The molecular weight excluding hydrogens is 432 g/mol. The maximum atomic E-state index is 11.2. The van der Waals surface area contributed by atoms with Crippen molar-refractivity contribution in [1.29, 1.82) is 0 Å². The fraction of sp³-hybridized carbons (Fsp3) is 0.320. The van der Waals surface area contributed by atoms with E-state index in [0.717, 1.165) is 17.5 Å². The number of hydrogen-bond acceptors (Lipinski definition) is 6. The highest BCUT2D eigenvalue weighted by molar-refractivity contribution is 6.32. The van der Waals surface area contributed by atoms with E-state index in [1.165, 1.54) is 21.3 Å². The number of carbonyl (C=O) groups excluding carboxylic acids is 1. The van der Waals surface area contributed by atoms with Gasteiger partial charge in [-0.1, -0.05) is 30.5 Å². The van der Waals surface area contributed by atoms with Gasteiger partial charge in [0.15, 0.2) is 11.5 Å². The molecule has 0 fully saturated rings. The molecular formula is C25H27ClO6. The smallest absolute Gasteiger partial charge is 0.384 e. The Morgan fingerprint density at radius 3 is 2.31 bits per heavy atom. The maximum absolute atomic E-state index is 11.2. The second-order valence-electron chi connectivity index (χ2n) is 6.63. The highest BCUT2D eigenvalue weighted by Gasteiger charge is 2.18. The quantitative estimate of drug-likeness (QED) is 0.206. The second kappa shape index (κ2) is 12.5. The molecule has 0 unspecified atom stereocenters. The third kappa shape index (κ3) is 6.60. The van der Waals surface area contributed by atoms with Crippen molar-refractivity contribution in [2.45, 2.75) is 26.2 Å². The molecule has 0 atom stereocenters. The number of halogens is 1. The van der Waals surface area contributed by atoms with Gasteiger partial charge in [-0.25, -0.2) is 4.79 Å². The number of esters is 1. The van der Waals surface area contributed by atoms with E-state index in [0.29, 0.717) is 53.2 Å². The van der Waals surface area contributed by atoms with E-state index < -0.39 is 5.97 Å². The molecule has 2 aromatic carbocycles. The summed E-state index contributed by atoms with van der Waals surface area (Å²) in [6.07, 6.45) is 3.57. The van der Waals surface area contributed by atoms with Gasteiger partial charge in [-0.2, -0.15) is 0 Å². The maximum Gasteiger partial charge on any atom is 0.384 e. The van der Waals surface area contributed by atoms with Crippen LogP contribution in [0.4, 0.5) is 0 Å². The Labute approximate surface area is 194 Å². The molecule has 170 valence electrons. The van der Waals surface area contributed by atoms with Crippen LogP contribution < -0.4 is 18.9 Å². The van der Waals surface area contributed by atoms with Gasteiger partial charge in [-0.3, -0.25) is 0 Å². The molecule has 0 heterocycles. The van der Waals surface area contributed by atoms with Crippen molar-refractivity contribution >= 4 is 17.6 Å². The molecule has 2 rings (SSSR count). The summed E-state index contributed by atoms with van der Waals surface area (Å²) >= 11 is 6.49. The van der Waals surface area contributed by atoms with Crippen LogP contribution in [-0.4, -0.2) is 33.9 Å². The highest BCUT2D eigenvalue weighted by atomic mass is 35.5. The van der Waals surface area contributed by atoms with Crippen molar-refractivity contribution in [3.63, 3.8) is 0 Å². The van der Waals surface area contributed by atoms with Gasteiger partial charge in [-0.05, 0) is 36.6 Å². The highest BCUT2D eigenvalue weighted by Crippen LogP contribution is 2.44. The molecule has 0 bridgehead atoms. The number of methoxy groups -OCH3 is 3. The monoisotopic (exact) mass is 458 g/mol. The summed E-state index contributed by atoms with van der Waals surface area (Å²) in [5, 5.41) is 0.390. The van der Waals surface area contributed by atoms with Crippen LogP contribution in [0.15, 0.2) is 36.9 Å². The van der Waals surface area contributed by atoms with Crippen LogP contribution in [0, 0.1) is 11.8 Å². The Balaban J connectivity index is 2.42. The van der Waals surface area contributed by atoms with Crippen molar-refractivity contribution in [3.05, 3.63) is 53.1 Å². The van der Waals surface area contributed by atoms with E-state index in [-0.39, 0.29) is 0 Å². The van der Waals surface area contributed by atoms with Gasteiger partial charge in [0, 0.05) is 24.0 Å². The zero-order valence-corrected chi connectivity index (χ0v) is 19.5. The fourth-order valence-electron chi connectivity index (χ4n) is 2.83. The summed E-state index contributed by atoms with van der Waals surface area (Å²) in [6.45, 7) is 6.43. The first kappa shape index (κ1) is 25.0. The molecule has 0 aromatic heterocycles. The van der Waals surface area contributed by atoms with Crippen LogP contribution in [0.1, 0.15) is 24.5 Å². The molecule has 0 aliphatic rings. The first-order valence-corrected chi connectivity index (χ1v) is 10.4. The van der Waals surface area contributed by atoms with Crippen LogP contribution in [0.25, 0.3) is 0 Å². The van der Waals surface area contributed by atoms with E-state index >= 15 is 0 Å². The number of rotatable bonds is 10. The zero-order valence-electron chi connectivity index (χ0n) is 18.7. The van der Waals surface area contributed by atoms with Gasteiger partial charge in [0.05, 0.1) is 33.0 Å². The fourth-order valence-corrected chi connectivity index (χ4v) is 3.03. The zero-order chi connectivity index (χ0) is 23.5. The van der Waals surface area contributed by atoms with Gasteiger partial charge in [-0.15, -0.1) is 6.58 Å². The van der Waals surface area contributed by atoms with E-state index in [1.807, 2.05) is 13.0 Å².